The maximum atomic E-state index is 12.9. The fourth-order valence-corrected chi connectivity index (χ4v) is 3.26. The van der Waals surface area contributed by atoms with Crippen LogP contribution in [0, 0.1) is 12.8 Å². The molecule has 0 saturated carbocycles. The van der Waals surface area contributed by atoms with Crippen molar-refractivity contribution in [3.8, 4) is 0 Å². The average Bonchev–Trinajstić information content (AvgIpc) is 2.62. The van der Waals surface area contributed by atoms with Crippen molar-refractivity contribution in [1.82, 2.24) is 0 Å². The molecule has 1 aliphatic rings. The van der Waals surface area contributed by atoms with Gasteiger partial charge in [0.2, 0.25) is 11.8 Å². The third kappa shape index (κ3) is 3.04. The molecule has 0 aromatic heterocycles. The van der Waals surface area contributed by atoms with E-state index in [4.69, 9.17) is 0 Å². The predicted molar refractivity (Wildman–Crippen MR) is 96.1 cm³/mol. The standard InChI is InChI=1S/C20H22N2O2/c1-15-9-6-7-13-18(15)21(2)19(23)17-12-8-14-22(20(17)24)16-10-4-3-5-11-16/h3-7,9-11,13,17H,8,12,14H2,1-2H3. The first-order valence-corrected chi connectivity index (χ1v) is 8.29. The number of benzene rings is 2. The fourth-order valence-electron chi connectivity index (χ4n) is 3.26. The minimum absolute atomic E-state index is 0.0992. The van der Waals surface area contributed by atoms with Crippen molar-refractivity contribution < 1.29 is 9.59 Å². The Kier molecular flexibility index (Phi) is 4.65. The number of piperidine rings is 1. The lowest BCUT2D eigenvalue weighted by atomic mass is 9.94. The van der Waals surface area contributed by atoms with E-state index in [1.165, 1.54) is 0 Å². The lowest BCUT2D eigenvalue weighted by molar-refractivity contribution is -0.133. The number of anilines is 2. The normalized spacial score (nSPS) is 17.7. The Hall–Kier alpha value is -2.62. The second-order valence-electron chi connectivity index (χ2n) is 6.20. The number of amides is 2. The monoisotopic (exact) mass is 322 g/mol. The molecule has 1 atom stereocenters. The number of carbonyl (C=O) groups excluding carboxylic acids is 2. The number of carbonyl (C=O) groups is 2. The quantitative estimate of drug-likeness (QED) is 0.813. The highest BCUT2D eigenvalue weighted by Gasteiger charge is 2.36. The van der Waals surface area contributed by atoms with Gasteiger partial charge < -0.3 is 9.80 Å². The van der Waals surface area contributed by atoms with E-state index in [1.807, 2.05) is 61.5 Å². The summed E-state index contributed by atoms with van der Waals surface area (Å²) in [5.74, 6) is -0.837. The summed E-state index contributed by atoms with van der Waals surface area (Å²) in [5.41, 5.74) is 2.74. The first-order valence-electron chi connectivity index (χ1n) is 8.29. The third-order valence-electron chi connectivity index (χ3n) is 4.61. The Balaban J connectivity index is 1.82. The van der Waals surface area contributed by atoms with Gasteiger partial charge >= 0.3 is 0 Å². The van der Waals surface area contributed by atoms with E-state index < -0.39 is 5.92 Å². The number of aryl methyl sites for hydroxylation is 1. The maximum absolute atomic E-state index is 12.9. The van der Waals surface area contributed by atoms with Gasteiger partial charge in [0.15, 0.2) is 0 Å². The van der Waals surface area contributed by atoms with E-state index in [9.17, 15) is 9.59 Å². The van der Waals surface area contributed by atoms with Crippen LogP contribution in [0.2, 0.25) is 0 Å². The molecule has 3 rings (SSSR count). The van der Waals surface area contributed by atoms with Crippen LogP contribution in [0.25, 0.3) is 0 Å². The molecule has 2 aromatic rings. The van der Waals surface area contributed by atoms with Crippen LogP contribution < -0.4 is 9.80 Å². The zero-order chi connectivity index (χ0) is 17.1. The molecule has 4 nitrogen and oxygen atoms in total. The Morgan fingerprint density at radius 2 is 1.75 bits per heavy atom. The molecule has 1 unspecified atom stereocenters. The van der Waals surface area contributed by atoms with Gasteiger partial charge in [-0.05, 0) is 43.5 Å². The van der Waals surface area contributed by atoms with Crippen molar-refractivity contribution in [3.05, 3.63) is 60.2 Å². The van der Waals surface area contributed by atoms with E-state index >= 15 is 0 Å². The summed E-state index contributed by atoms with van der Waals surface area (Å²) in [6.07, 6.45) is 1.44. The number of rotatable bonds is 3. The molecule has 0 aliphatic carbocycles. The minimum Gasteiger partial charge on any atom is -0.315 e. The Morgan fingerprint density at radius 1 is 1.08 bits per heavy atom. The van der Waals surface area contributed by atoms with Crippen molar-refractivity contribution in [3.63, 3.8) is 0 Å². The first kappa shape index (κ1) is 16.2. The average molecular weight is 322 g/mol. The van der Waals surface area contributed by atoms with Gasteiger partial charge in [-0.3, -0.25) is 9.59 Å². The second kappa shape index (κ2) is 6.87. The summed E-state index contributed by atoms with van der Waals surface area (Å²) in [7, 11) is 1.75. The zero-order valence-electron chi connectivity index (χ0n) is 14.1. The SMILES string of the molecule is Cc1ccccc1N(C)C(=O)C1CCCN(c2ccccc2)C1=O. The van der Waals surface area contributed by atoms with E-state index in [1.54, 1.807) is 16.8 Å². The molecule has 4 heteroatoms. The lowest BCUT2D eigenvalue weighted by Crippen LogP contribution is -2.48. The summed E-state index contributed by atoms with van der Waals surface area (Å²) in [6, 6.07) is 17.3. The lowest BCUT2D eigenvalue weighted by Gasteiger charge is -2.33. The topological polar surface area (TPSA) is 40.6 Å². The van der Waals surface area contributed by atoms with Gasteiger partial charge in [-0.2, -0.15) is 0 Å². The van der Waals surface area contributed by atoms with E-state index in [2.05, 4.69) is 0 Å². The Labute approximate surface area is 142 Å². The molecule has 1 saturated heterocycles. The van der Waals surface area contributed by atoms with Crippen LogP contribution in [0.15, 0.2) is 54.6 Å². The van der Waals surface area contributed by atoms with Crippen LogP contribution >= 0.6 is 0 Å². The molecule has 124 valence electrons. The summed E-state index contributed by atoms with van der Waals surface area (Å²) in [4.78, 5) is 29.1. The van der Waals surface area contributed by atoms with Crippen LogP contribution in [0.4, 0.5) is 11.4 Å². The molecule has 1 fully saturated rings. The van der Waals surface area contributed by atoms with Crippen LogP contribution in [-0.4, -0.2) is 25.4 Å². The van der Waals surface area contributed by atoms with Crippen LogP contribution in [0.1, 0.15) is 18.4 Å². The van der Waals surface area contributed by atoms with Crippen LogP contribution in [0.5, 0.6) is 0 Å². The van der Waals surface area contributed by atoms with Gasteiger partial charge in [-0.1, -0.05) is 36.4 Å². The van der Waals surface area contributed by atoms with Crippen molar-refractivity contribution in [2.24, 2.45) is 5.92 Å². The molecule has 24 heavy (non-hydrogen) atoms. The summed E-state index contributed by atoms with van der Waals surface area (Å²) >= 11 is 0. The highest BCUT2D eigenvalue weighted by Crippen LogP contribution is 2.27. The maximum Gasteiger partial charge on any atom is 0.239 e. The van der Waals surface area contributed by atoms with Crippen molar-refractivity contribution in [2.45, 2.75) is 19.8 Å². The third-order valence-corrected chi connectivity index (χ3v) is 4.61. The molecule has 0 bridgehead atoms. The van der Waals surface area contributed by atoms with Crippen molar-refractivity contribution in [1.29, 1.82) is 0 Å². The van der Waals surface area contributed by atoms with Gasteiger partial charge in [0.1, 0.15) is 5.92 Å². The summed E-state index contributed by atoms with van der Waals surface area (Å²) in [5, 5.41) is 0. The van der Waals surface area contributed by atoms with Gasteiger partial charge in [0.05, 0.1) is 0 Å². The smallest absolute Gasteiger partial charge is 0.239 e. The molecule has 0 N–H and O–H groups in total. The highest BCUT2D eigenvalue weighted by molar-refractivity contribution is 6.13. The molecular formula is C20H22N2O2. The van der Waals surface area contributed by atoms with Crippen LogP contribution in [-0.2, 0) is 9.59 Å². The zero-order valence-corrected chi connectivity index (χ0v) is 14.1. The fraction of sp³-hybridized carbons (Fsp3) is 0.300. The van der Waals surface area contributed by atoms with Gasteiger partial charge in [-0.15, -0.1) is 0 Å². The van der Waals surface area contributed by atoms with E-state index in [-0.39, 0.29) is 11.8 Å². The van der Waals surface area contributed by atoms with E-state index in [0.29, 0.717) is 13.0 Å². The van der Waals surface area contributed by atoms with Gasteiger partial charge in [-0.25, -0.2) is 0 Å². The Morgan fingerprint density at radius 3 is 2.46 bits per heavy atom. The molecule has 1 aliphatic heterocycles. The molecular weight excluding hydrogens is 300 g/mol. The highest BCUT2D eigenvalue weighted by atomic mass is 16.2. The number of para-hydroxylation sites is 2. The molecule has 0 spiro atoms. The van der Waals surface area contributed by atoms with Gasteiger partial charge in [0.25, 0.3) is 0 Å². The predicted octanol–water partition coefficient (Wildman–Crippen LogP) is 3.40. The number of hydrogen-bond acceptors (Lipinski definition) is 2. The van der Waals surface area contributed by atoms with Crippen molar-refractivity contribution >= 4 is 23.2 Å². The minimum atomic E-state index is -0.608. The van der Waals surface area contributed by atoms with Crippen molar-refractivity contribution in [2.75, 3.05) is 23.4 Å². The van der Waals surface area contributed by atoms with Gasteiger partial charge in [0, 0.05) is 25.0 Å². The summed E-state index contributed by atoms with van der Waals surface area (Å²) in [6.45, 7) is 2.64. The molecule has 2 aromatic carbocycles. The second-order valence-corrected chi connectivity index (χ2v) is 6.20. The number of nitrogens with zero attached hydrogens (tertiary/aromatic N) is 2. The van der Waals surface area contributed by atoms with E-state index in [0.717, 1.165) is 23.4 Å². The molecule has 0 radical (unpaired) electrons. The number of hydrogen-bond donors (Lipinski definition) is 0. The summed E-state index contributed by atoms with van der Waals surface area (Å²) < 4.78 is 0. The molecule has 1 heterocycles. The first-order chi connectivity index (χ1) is 11.6. The van der Waals surface area contributed by atoms with Crippen LogP contribution in [0.3, 0.4) is 0 Å². The Bertz CT molecular complexity index is 742. The molecule has 2 amide bonds. The largest absolute Gasteiger partial charge is 0.315 e.